The first kappa shape index (κ1) is 15.5. The molecule has 126 valence electrons. The number of para-hydroxylation sites is 1. The molecule has 0 bridgehead atoms. The third-order valence-corrected chi connectivity index (χ3v) is 4.89. The number of benzene rings is 2. The Hall–Kier alpha value is -3.00. The van der Waals surface area contributed by atoms with Gasteiger partial charge in [0, 0.05) is 18.7 Å². The van der Waals surface area contributed by atoms with Gasteiger partial charge in [0.2, 0.25) is 5.91 Å². The summed E-state index contributed by atoms with van der Waals surface area (Å²) >= 11 is 0. The van der Waals surface area contributed by atoms with Crippen LogP contribution in [0.15, 0.2) is 48.5 Å². The maximum absolute atomic E-state index is 12.9. The van der Waals surface area contributed by atoms with Gasteiger partial charge in [0.1, 0.15) is 17.5 Å². The molecular weight excluding hydrogens is 314 g/mol. The van der Waals surface area contributed by atoms with Gasteiger partial charge in [-0.25, -0.2) is 0 Å². The number of hydrogen-bond donors (Lipinski definition) is 0. The maximum Gasteiger partial charge on any atom is 0.250 e. The lowest BCUT2D eigenvalue weighted by Crippen LogP contribution is -2.43. The van der Waals surface area contributed by atoms with Crippen LogP contribution < -0.4 is 9.64 Å². The van der Waals surface area contributed by atoms with Crippen LogP contribution in [-0.4, -0.2) is 29.9 Å². The molecule has 0 spiro atoms. The molecule has 0 aliphatic carbocycles. The van der Waals surface area contributed by atoms with Gasteiger partial charge in [0.25, 0.3) is 0 Å². The predicted molar refractivity (Wildman–Crippen MR) is 94.4 cm³/mol. The minimum atomic E-state index is -0.324. The number of nitriles is 1. The predicted octanol–water partition coefficient (Wildman–Crippen LogP) is 3.31. The third-order valence-electron chi connectivity index (χ3n) is 4.89. The molecule has 2 aliphatic heterocycles. The van der Waals surface area contributed by atoms with E-state index in [4.69, 9.17) is 4.74 Å². The Balaban J connectivity index is 1.60. The molecule has 4 rings (SSSR count). The van der Waals surface area contributed by atoms with E-state index in [9.17, 15) is 10.1 Å². The first-order chi connectivity index (χ1) is 12.3. The first-order valence-corrected chi connectivity index (χ1v) is 8.60. The molecule has 0 radical (unpaired) electrons. The second kappa shape index (κ2) is 6.48. The lowest BCUT2D eigenvalue weighted by molar-refractivity contribution is -0.121. The lowest BCUT2D eigenvalue weighted by Gasteiger charge is -2.24. The van der Waals surface area contributed by atoms with Crippen LogP contribution in [0.2, 0.25) is 0 Å². The van der Waals surface area contributed by atoms with Gasteiger partial charge in [-0.3, -0.25) is 9.69 Å². The van der Waals surface area contributed by atoms with Gasteiger partial charge in [-0.15, -0.1) is 0 Å². The van der Waals surface area contributed by atoms with Crippen LogP contribution >= 0.6 is 0 Å². The Morgan fingerprint density at radius 3 is 2.76 bits per heavy atom. The molecule has 0 N–H and O–H groups in total. The Bertz CT molecular complexity index is 829. The van der Waals surface area contributed by atoms with Crippen molar-refractivity contribution in [3.63, 3.8) is 0 Å². The maximum atomic E-state index is 12.9. The number of fused-ring (bicyclic) bond motifs is 1. The Labute approximate surface area is 147 Å². The van der Waals surface area contributed by atoms with Crippen molar-refractivity contribution in [3.05, 3.63) is 54.1 Å². The molecule has 2 heterocycles. The fourth-order valence-electron chi connectivity index (χ4n) is 3.67. The molecule has 1 amide bonds. The van der Waals surface area contributed by atoms with Crippen LogP contribution in [0, 0.1) is 11.5 Å². The molecule has 1 fully saturated rings. The highest BCUT2D eigenvalue weighted by Gasteiger charge is 2.36. The second-order valence-electron chi connectivity index (χ2n) is 6.36. The summed E-state index contributed by atoms with van der Waals surface area (Å²) in [6.45, 7) is 1.31. The average Bonchev–Trinajstić information content (AvgIpc) is 3.29. The summed E-state index contributed by atoms with van der Waals surface area (Å²) in [5.41, 5.74) is 1.96. The van der Waals surface area contributed by atoms with Crippen LogP contribution in [0.5, 0.6) is 11.5 Å². The van der Waals surface area contributed by atoms with Gasteiger partial charge >= 0.3 is 0 Å². The summed E-state index contributed by atoms with van der Waals surface area (Å²) in [6.07, 6.45) is 4.55. The summed E-state index contributed by atoms with van der Waals surface area (Å²) in [5, 5.41) is 9.22. The standard InChI is InChI=1S/C20H19N3O2/c21-14-22-12-5-9-18(22)20(24)23-13-11-16-17(23)8-4-10-19(16)25-15-6-2-1-3-7-15/h1-4,6-8,10,18H,5,9,11-13H2. The van der Waals surface area contributed by atoms with Gasteiger partial charge in [-0.2, -0.15) is 5.26 Å². The molecule has 1 saturated heterocycles. The zero-order chi connectivity index (χ0) is 17.2. The summed E-state index contributed by atoms with van der Waals surface area (Å²) in [5.74, 6) is 1.60. The van der Waals surface area contributed by atoms with Gasteiger partial charge in [-0.1, -0.05) is 24.3 Å². The number of carbonyl (C=O) groups excluding carboxylic acids is 1. The van der Waals surface area contributed by atoms with Gasteiger partial charge in [-0.05, 0) is 43.5 Å². The third kappa shape index (κ3) is 2.80. The van der Waals surface area contributed by atoms with E-state index >= 15 is 0 Å². The van der Waals surface area contributed by atoms with Crippen molar-refractivity contribution in [2.45, 2.75) is 25.3 Å². The van der Waals surface area contributed by atoms with Crippen LogP contribution in [0.25, 0.3) is 0 Å². The van der Waals surface area contributed by atoms with Gasteiger partial charge in [0.15, 0.2) is 6.19 Å². The van der Waals surface area contributed by atoms with E-state index in [1.165, 1.54) is 0 Å². The molecule has 1 unspecified atom stereocenters. The molecule has 5 nitrogen and oxygen atoms in total. The number of nitrogens with zero attached hydrogens (tertiary/aromatic N) is 3. The van der Waals surface area contributed by atoms with Crippen molar-refractivity contribution in [1.82, 2.24) is 4.90 Å². The molecule has 1 atom stereocenters. The fraction of sp³-hybridized carbons (Fsp3) is 0.300. The zero-order valence-corrected chi connectivity index (χ0v) is 13.9. The Morgan fingerprint density at radius 1 is 1.12 bits per heavy atom. The lowest BCUT2D eigenvalue weighted by atomic mass is 10.1. The molecule has 2 aromatic carbocycles. The minimum Gasteiger partial charge on any atom is -0.457 e. The number of carbonyl (C=O) groups is 1. The molecule has 2 aliphatic rings. The summed E-state index contributed by atoms with van der Waals surface area (Å²) in [7, 11) is 0. The highest BCUT2D eigenvalue weighted by atomic mass is 16.5. The number of anilines is 1. The molecule has 5 heteroatoms. The van der Waals surface area contributed by atoms with E-state index in [1.54, 1.807) is 4.90 Å². The number of likely N-dealkylation sites (tertiary alicyclic amines) is 1. The van der Waals surface area contributed by atoms with E-state index in [-0.39, 0.29) is 11.9 Å². The molecule has 2 aromatic rings. The monoisotopic (exact) mass is 333 g/mol. The van der Waals surface area contributed by atoms with Crippen molar-refractivity contribution >= 4 is 11.6 Å². The zero-order valence-electron chi connectivity index (χ0n) is 13.9. The van der Waals surface area contributed by atoms with Crippen molar-refractivity contribution in [2.75, 3.05) is 18.0 Å². The van der Waals surface area contributed by atoms with Crippen molar-refractivity contribution in [2.24, 2.45) is 0 Å². The van der Waals surface area contributed by atoms with Crippen molar-refractivity contribution in [1.29, 1.82) is 5.26 Å². The van der Waals surface area contributed by atoms with Crippen LogP contribution in [0.4, 0.5) is 5.69 Å². The Morgan fingerprint density at radius 2 is 1.96 bits per heavy atom. The van der Waals surface area contributed by atoms with Gasteiger partial charge in [0.05, 0.1) is 5.69 Å². The molecule has 25 heavy (non-hydrogen) atoms. The first-order valence-electron chi connectivity index (χ1n) is 8.60. The Kier molecular flexibility index (Phi) is 4.02. The highest BCUT2D eigenvalue weighted by molar-refractivity contribution is 5.99. The second-order valence-corrected chi connectivity index (χ2v) is 6.36. The smallest absolute Gasteiger partial charge is 0.250 e. The molecule has 0 saturated carbocycles. The van der Waals surface area contributed by atoms with Crippen molar-refractivity contribution < 1.29 is 9.53 Å². The van der Waals surface area contributed by atoms with Gasteiger partial charge < -0.3 is 9.64 Å². The minimum absolute atomic E-state index is 0.0228. The largest absolute Gasteiger partial charge is 0.457 e. The SMILES string of the molecule is N#CN1CCCC1C(=O)N1CCc2c(Oc3ccccc3)cccc21. The van der Waals surface area contributed by atoms with E-state index in [0.29, 0.717) is 13.1 Å². The van der Waals surface area contributed by atoms with Crippen LogP contribution in [0.3, 0.4) is 0 Å². The summed E-state index contributed by atoms with van der Waals surface area (Å²) in [4.78, 5) is 16.4. The summed E-state index contributed by atoms with van der Waals surface area (Å²) in [6, 6.07) is 15.2. The fourth-order valence-corrected chi connectivity index (χ4v) is 3.67. The number of hydrogen-bond acceptors (Lipinski definition) is 4. The van der Waals surface area contributed by atoms with Crippen LogP contribution in [-0.2, 0) is 11.2 Å². The average molecular weight is 333 g/mol. The quantitative estimate of drug-likeness (QED) is 0.809. The highest BCUT2D eigenvalue weighted by Crippen LogP contribution is 2.38. The van der Waals surface area contributed by atoms with E-state index in [0.717, 1.165) is 42.0 Å². The van der Waals surface area contributed by atoms with E-state index in [2.05, 4.69) is 6.19 Å². The molecular formula is C20H19N3O2. The number of ether oxygens (including phenoxy) is 1. The topological polar surface area (TPSA) is 56.6 Å². The number of amides is 1. The summed E-state index contributed by atoms with van der Waals surface area (Å²) < 4.78 is 6.02. The van der Waals surface area contributed by atoms with Crippen molar-refractivity contribution in [3.8, 4) is 17.7 Å². The number of rotatable bonds is 3. The van der Waals surface area contributed by atoms with Crippen LogP contribution in [0.1, 0.15) is 18.4 Å². The normalized spacial score (nSPS) is 18.8. The van der Waals surface area contributed by atoms with E-state index < -0.39 is 0 Å². The van der Waals surface area contributed by atoms with E-state index in [1.807, 2.05) is 53.4 Å². The molecule has 0 aromatic heterocycles.